The Morgan fingerprint density at radius 1 is 1.24 bits per heavy atom. The third-order valence-corrected chi connectivity index (χ3v) is 5.84. The third kappa shape index (κ3) is 3.86. The van der Waals surface area contributed by atoms with Crippen LogP contribution in [0.1, 0.15) is 48.3 Å². The van der Waals surface area contributed by atoms with Crippen molar-refractivity contribution in [3.8, 4) is 0 Å². The maximum absolute atomic E-state index is 13.1. The van der Waals surface area contributed by atoms with Crippen LogP contribution in [-0.4, -0.2) is 46.3 Å². The lowest BCUT2D eigenvalue weighted by Gasteiger charge is -2.19. The maximum atomic E-state index is 13.1. The Balaban J connectivity index is 1.54. The summed E-state index contributed by atoms with van der Waals surface area (Å²) in [6.45, 7) is 5.65. The van der Waals surface area contributed by atoms with Crippen molar-refractivity contribution in [2.75, 3.05) is 24.5 Å². The largest absolute Gasteiger partial charge is 0.342 e. The Hall–Kier alpha value is -2.83. The molecule has 2 aliphatic rings. The van der Waals surface area contributed by atoms with E-state index in [2.05, 4.69) is 4.98 Å². The van der Waals surface area contributed by atoms with E-state index < -0.39 is 0 Å². The minimum Gasteiger partial charge on any atom is -0.342 e. The zero-order valence-corrected chi connectivity index (χ0v) is 16.8. The van der Waals surface area contributed by atoms with Gasteiger partial charge in [0, 0.05) is 43.2 Å². The van der Waals surface area contributed by atoms with Crippen molar-refractivity contribution in [2.24, 2.45) is 0 Å². The molecular weight excluding hydrogens is 371 g/mol. The topological polar surface area (TPSA) is 66.4 Å². The van der Waals surface area contributed by atoms with Crippen molar-refractivity contribution < 1.29 is 14.0 Å². The molecule has 0 saturated carbocycles. The van der Waals surface area contributed by atoms with Crippen molar-refractivity contribution in [2.45, 2.75) is 45.4 Å². The number of benzene rings is 1. The first kappa shape index (κ1) is 19.5. The zero-order chi connectivity index (χ0) is 20.5. The summed E-state index contributed by atoms with van der Waals surface area (Å²) in [4.78, 5) is 37.6. The zero-order valence-electron chi connectivity index (χ0n) is 16.8. The minimum absolute atomic E-state index is 0.0193. The molecule has 0 N–H and O–H groups in total. The first-order valence-electron chi connectivity index (χ1n) is 10.2. The standard InChI is InChI=1S/C22H25FN4O2/c1-3-19(28)26-10-9-16(13-26)21-24-14(2)18-12-20(29)27(22(18)25-21)11-8-15-4-6-17(23)7-5-15/h4-7,16H,3,8-13H2,1-2H3/t16-/m1/s1. The molecule has 1 saturated heterocycles. The average molecular weight is 396 g/mol. The second kappa shape index (κ2) is 7.89. The number of aryl methyl sites for hydroxylation is 1. The highest BCUT2D eigenvalue weighted by Crippen LogP contribution is 2.33. The molecule has 2 aromatic rings. The molecule has 0 radical (unpaired) electrons. The molecule has 6 nitrogen and oxygen atoms in total. The molecule has 29 heavy (non-hydrogen) atoms. The SMILES string of the molecule is CCC(=O)N1CC[C@@H](c2nc(C)c3c(n2)N(CCc2ccc(F)cc2)C(=O)C3)C1. The van der Waals surface area contributed by atoms with Crippen LogP contribution >= 0.6 is 0 Å². The molecule has 0 unspecified atom stereocenters. The number of anilines is 1. The van der Waals surface area contributed by atoms with Crippen molar-refractivity contribution in [3.63, 3.8) is 0 Å². The average Bonchev–Trinajstić information content (AvgIpc) is 3.32. The minimum atomic E-state index is -0.267. The molecular formula is C22H25FN4O2. The van der Waals surface area contributed by atoms with Crippen LogP contribution in [-0.2, 0) is 22.4 Å². The second-order valence-corrected chi connectivity index (χ2v) is 7.75. The van der Waals surface area contributed by atoms with Crippen LogP contribution in [0.4, 0.5) is 10.2 Å². The summed E-state index contributed by atoms with van der Waals surface area (Å²) < 4.78 is 13.1. The van der Waals surface area contributed by atoms with Crippen LogP contribution in [0.15, 0.2) is 24.3 Å². The number of carbonyl (C=O) groups is 2. The van der Waals surface area contributed by atoms with Gasteiger partial charge in [-0.3, -0.25) is 14.5 Å². The van der Waals surface area contributed by atoms with E-state index in [1.165, 1.54) is 12.1 Å². The predicted molar refractivity (Wildman–Crippen MR) is 107 cm³/mol. The van der Waals surface area contributed by atoms with E-state index in [4.69, 9.17) is 4.98 Å². The first-order valence-corrected chi connectivity index (χ1v) is 10.2. The highest BCUT2D eigenvalue weighted by atomic mass is 19.1. The Kier molecular flexibility index (Phi) is 5.30. The van der Waals surface area contributed by atoms with Crippen LogP contribution in [0.5, 0.6) is 0 Å². The maximum Gasteiger partial charge on any atom is 0.232 e. The van der Waals surface area contributed by atoms with Gasteiger partial charge in [-0.05, 0) is 37.5 Å². The number of hydrogen-bond acceptors (Lipinski definition) is 4. The van der Waals surface area contributed by atoms with Crippen molar-refractivity contribution in [1.82, 2.24) is 14.9 Å². The van der Waals surface area contributed by atoms with Gasteiger partial charge in [-0.25, -0.2) is 14.4 Å². The first-order chi connectivity index (χ1) is 14.0. The van der Waals surface area contributed by atoms with E-state index in [1.807, 2.05) is 18.7 Å². The Morgan fingerprint density at radius 3 is 2.72 bits per heavy atom. The summed E-state index contributed by atoms with van der Waals surface area (Å²) >= 11 is 0. The van der Waals surface area contributed by atoms with Crippen LogP contribution in [0.3, 0.4) is 0 Å². The molecule has 1 fully saturated rings. The molecule has 1 aromatic carbocycles. The molecule has 0 bridgehead atoms. The van der Waals surface area contributed by atoms with Gasteiger partial charge in [0.1, 0.15) is 17.5 Å². The van der Waals surface area contributed by atoms with Gasteiger partial charge in [0.15, 0.2) is 0 Å². The molecule has 2 amide bonds. The van der Waals surface area contributed by atoms with Gasteiger partial charge >= 0.3 is 0 Å². The van der Waals surface area contributed by atoms with Gasteiger partial charge in [0.05, 0.1) is 6.42 Å². The van der Waals surface area contributed by atoms with E-state index in [0.717, 1.165) is 29.8 Å². The van der Waals surface area contributed by atoms with Crippen molar-refractivity contribution in [3.05, 3.63) is 52.7 Å². The van der Waals surface area contributed by atoms with E-state index in [0.29, 0.717) is 44.0 Å². The van der Waals surface area contributed by atoms with E-state index in [9.17, 15) is 14.0 Å². The number of halogens is 1. The van der Waals surface area contributed by atoms with Gasteiger partial charge in [-0.2, -0.15) is 0 Å². The molecule has 152 valence electrons. The lowest BCUT2D eigenvalue weighted by molar-refractivity contribution is -0.129. The number of rotatable bonds is 5. The highest BCUT2D eigenvalue weighted by Gasteiger charge is 2.34. The van der Waals surface area contributed by atoms with Gasteiger partial charge in [-0.15, -0.1) is 0 Å². The van der Waals surface area contributed by atoms with E-state index in [1.54, 1.807) is 17.0 Å². The van der Waals surface area contributed by atoms with Crippen molar-refractivity contribution >= 4 is 17.6 Å². The molecule has 3 heterocycles. The van der Waals surface area contributed by atoms with Crippen LogP contribution in [0, 0.1) is 12.7 Å². The van der Waals surface area contributed by atoms with Gasteiger partial charge < -0.3 is 4.90 Å². The number of amides is 2. The Bertz CT molecular complexity index is 945. The quantitative estimate of drug-likeness (QED) is 0.780. The number of nitrogens with zero attached hydrogens (tertiary/aromatic N) is 4. The van der Waals surface area contributed by atoms with Crippen LogP contribution < -0.4 is 4.90 Å². The molecule has 2 aliphatic heterocycles. The predicted octanol–water partition coefficient (Wildman–Crippen LogP) is 2.78. The fourth-order valence-corrected chi connectivity index (χ4v) is 4.12. The third-order valence-electron chi connectivity index (χ3n) is 5.84. The van der Waals surface area contributed by atoms with Gasteiger partial charge in [0.2, 0.25) is 11.8 Å². The Labute approximate surface area is 169 Å². The smallest absolute Gasteiger partial charge is 0.232 e. The molecule has 1 aromatic heterocycles. The van der Waals surface area contributed by atoms with Gasteiger partial charge in [-0.1, -0.05) is 19.1 Å². The van der Waals surface area contributed by atoms with Crippen LogP contribution in [0.25, 0.3) is 0 Å². The lowest BCUT2D eigenvalue weighted by Crippen LogP contribution is -2.30. The number of likely N-dealkylation sites (tertiary alicyclic amines) is 1. The number of aromatic nitrogens is 2. The lowest BCUT2D eigenvalue weighted by atomic mass is 10.1. The summed E-state index contributed by atoms with van der Waals surface area (Å²) in [6, 6.07) is 6.35. The monoisotopic (exact) mass is 396 g/mol. The molecule has 0 aliphatic carbocycles. The molecule has 0 spiro atoms. The molecule has 1 atom stereocenters. The second-order valence-electron chi connectivity index (χ2n) is 7.75. The fourth-order valence-electron chi connectivity index (χ4n) is 4.12. The summed E-state index contributed by atoms with van der Waals surface area (Å²) in [7, 11) is 0. The number of hydrogen-bond donors (Lipinski definition) is 0. The molecule has 7 heteroatoms. The van der Waals surface area contributed by atoms with Crippen LogP contribution in [0.2, 0.25) is 0 Å². The van der Waals surface area contributed by atoms with Gasteiger partial charge in [0.25, 0.3) is 0 Å². The van der Waals surface area contributed by atoms with E-state index in [-0.39, 0.29) is 23.5 Å². The normalized spacial score (nSPS) is 18.4. The summed E-state index contributed by atoms with van der Waals surface area (Å²) in [5, 5.41) is 0. The number of fused-ring (bicyclic) bond motifs is 1. The summed E-state index contributed by atoms with van der Waals surface area (Å²) in [5.41, 5.74) is 2.70. The highest BCUT2D eigenvalue weighted by molar-refractivity contribution is 6.00. The summed E-state index contributed by atoms with van der Waals surface area (Å²) in [5.74, 6) is 1.42. The van der Waals surface area contributed by atoms with E-state index >= 15 is 0 Å². The summed E-state index contributed by atoms with van der Waals surface area (Å²) in [6.07, 6.45) is 2.29. The number of carbonyl (C=O) groups excluding carboxylic acids is 2. The molecule has 4 rings (SSSR count). The fraction of sp³-hybridized carbons (Fsp3) is 0.455. The van der Waals surface area contributed by atoms with Crippen molar-refractivity contribution in [1.29, 1.82) is 0 Å². The Morgan fingerprint density at radius 2 is 2.00 bits per heavy atom.